The molecule has 32 heteroatoms. The van der Waals surface area contributed by atoms with Crippen molar-refractivity contribution in [1.82, 2.24) is 46.0 Å². The number of imide groups is 1. The molecule has 28 nitrogen and oxygen atoms in total. The Balaban J connectivity index is 0.961. The van der Waals surface area contributed by atoms with Crippen LogP contribution >= 0.6 is 7.29 Å². The molecule has 2 aromatic rings. The lowest BCUT2D eigenvalue weighted by Crippen LogP contribution is -2.55. The summed E-state index contributed by atoms with van der Waals surface area (Å²) in [6, 6.07) is 2.43. The first-order valence-corrected chi connectivity index (χ1v) is 32.1. The third-order valence-electron chi connectivity index (χ3n) is 15.7. The molecule has 2 saturated heterocycles. The van der Waals surface area contributed by atoms with Crippen LogP contribution in [0.25, 0.3) is 0 Å². The van der Waals surface area contributed by atoms with Gasteiger partial charge in [-0.15, -0.1) is 0 Å². The molecule has 0 spiro atoms. The van der Waals surface area contributed by atoms with E-state index in [-0.39, 0.29) is 168 Å². The van der Waals surface area contributed by atoms with E-state index in [1.54, 1.807) is 31.6 Å². The average molecular weight is 1280 g/mol. The van der Waals surface area contributed by atoms with Gasteiger partial charge in [-0.05, 0) is 50.8 Å². The molecule has 0 aromatic heterocycles. The molecule has 3 unspecified atom stereocenters. The van der Waals surface area contributed by atoms with Crippen molar-refractivity contribution < 1.29 is 88.4 Å². The van der Waals surface area contributed by atoms with E-state index in [0.717, 1.165) is 17.1 Å². The first-order valence-electron chi connectivity index (χ1n) is 29.0. The highest BCUT2D eigenvalue weighted by molar-refractivity contribution is 7.74. The molecule has 7 N–H and O–H groups in total. The zero-order chi connectivity index (χ0) is 63.8. The number of benzene rings is 2. The second-order valence-electron chi connectivity index (χ2n) is 22.1. The van der Waals surface area contributed by atoms with E-state index in [1.165, 1.54) is 42.2 Å². The van der Waals surface area contributed by atoms with Gasteiger partial charge in [-0.3, -0.25) is 56.9 Å². The first-order chi connectivity index (χ1) is 42.0. The molecule has 5 heterocycles. The molecule has 9 atom stereocenters. The summed E-state index contributed by atoms with van der Waals surface area (Å²) in [5.41, 5.74) is 0.878. The van der Waals surface area contributed by atoms with Gasteiger partial charge in [-0.25, -0.2) is 13.0 Å². The van der Waals surface area contributed by atoms with Crippen molar-refractivity contribution in [3.8, 4) is 23.0 Å². The van der Waals surface area contributed by atoms with Crippen molar-refractivity contribution >= 4 is 83.7 Å². The summed E-state index contributed by atoms with van der Waals surface area (Å²) < 4.78 is 98.0. The monoisotopic (exact) mass is 1280 g/mol. The average Bonchev–Trinajstić information content (AvgIpc) is 1.88. The molecule has 0 radical (unpaired) electrons. The van der Waals surface area contributed by atoms with Gasteiger partial charge in [0.2, 0.25) is 30.0 Å². The highest BCUT2D eigenvalue weighted by atomic mass is 32.2. The van der Waals surface area contributed by atoms with Crippen LogP contribution in [0.1, 0.15) is 85.9 Å². The number of hydrogen-bond donors (Lipinski definition) is 7. The Morgan fingerprint density at radius 2 is 1.40 bits per heavy atom. The largest absolute Gasteiger partial charge is 0.750 e. The quantitative estimate of drug-likeness (QED) is 0.0171. The predicted octanol–water partition coefficient (Wildman–Crippen LogP) is 1.33. The van der Waals surface area contributed by atoms with Gasteiger partial charge in [0.25, 0.3) is 23.6 Å². The zero-order valence-corrected chi connectivity index (χ0v) is 51.4. The normalized spacial score (nSPS) is 21.1. The van der Waals surface area contributed by atoms with E-state index in [4.69, 9.17) is 23.1 Å². The van der Waals surface area contributed by atoms with Crippen LogP contribution in [-0.4, -0.2) is 224 Å². The molecule has 0 saturated carbocycles. The SMILES string of the molecule is COc1cc2c(cc1OCCP(=O)(CCOc1cc3c(cc1OC)C(=O)N1C[C@H](F)C[C@H]1C(OS(=O)[O-])N3)N(C)CCCC(=O)NCCNC(=O)[C@@H](CCCNC=O)NC(=O)[C@H](NC(=O)CCCN1C(=O)C=CC1=O)C(C)C)NC[C@@H]1C[C@@H](F)CN1C2=O. The van der Waals surface area contributed by atoms with Crippen LogP contribution in [-0.2, 0) is 53.7 Å². The molecule has 5 aliphatic rings. The van der Waals surface area contributed by atoms with Gasteiger partial charge in [-0.1, -0.05) is 13.8 Å². The molecule has 2 fully saturated rings. The number of hydrogen-bond acceptors (Lipinski definition) is 19. The van der Waals surface area contributed by atoms with E-state index >= 15 is 4.57 Å². The highest BCUT2D eigenvalue weighted by Gasteiger charge is 2.45. The number of nitrogens with zero attached hydrogens (tertiary/aromatic N) is 4. The van der Waals surface area contributed by atoms with Gasteiger partial charge in [0.1, 0.15) is 24.4 Å². The van der Waals surface area contributed by atoms with Crippen LogP contribution in [0.5, 0.6) is 23.0 Å². The van der Waals surface area contributed by atoms with Gasteiger partial charge in [0.15, 0.2) is 36.5 Å². The molecule has 0 aliphatic carbocycles. The molecular weight excluding hydrogens is 1200 g/mol. The van der Waals surface area contributed by atoms with Crippen LogP contribution in [0.2, 0.25) is 0 Å². The van der Waals surface area contributed by atoms with Crippen LogP contribution in [0, 0.1) is 5.92 Å². The number of alkyl halides is 2. The maximum absolute atomic E-state index is 15.3. The number of fused-ring (bicyclic) bond motifs is 4. The summed E-state index contributed by atoms with van der Waals surface area (Å²) in [5, 5.41) is 19.5. The molecule has 0 bridgehead atoms. The number of amides is 9. The molecule has 88 heavy (non-hydrogen) atoms. The van der Waals surface area contributed by atoms with E-state index in [0.29, 0.717) is 25.1 Å². The number of anilines is 2. The number of methoxy groups -OCH3 is 2. The predicted molar refractivity (Wildman–Crippen MR) is 314 cm³/mol. The molecule has 9 amide bonds. The summed E-state index contributed by atoms with van der Waals surface area (Å²) in [7, 11) is 0.834. The minimum absolute atomic E-state index is 0.0122. The van der Waals surface area contributed by atoms with E-state index < -0.39 is 103 Å². The standard InChI is InChI=1S/C56H78F2N11O17PS/c1-33(2)51(65-48(72)11-8-18-67-49(73)12-13-50(67)74)53(76)63-39(9-6-14-59-32-70)52(75)61-16-15-60-47(71)10-7-17-66(3)87(79,21-19-84-45-27-40-37(25-43(45)82-4)55(77)68-30-34(57)23-36(68)29-62-40)22-20-85-46-28-41-38(26-44(46)83-5)56(78)69-31-35(58)24-42(69)54(64-41)86-88(80)81/h12-13,25-28,32-36,39,42,51,54,62,64H,6-11,14-24,29-31H2,1-5H3,(H,59,70)(H,60,71)(H,61,75)(H,63,76)(H,65,72)(H,80,81)/p-1/t34-,35-,36+,39-,42+,51-,54?,87?/m1/s1. The third-order valence-corrected chi connectivity index (χ3v) is 19.3. The number of nitrogens with one attached hydrogen (secondary N) is 7. The maximum atomic E-state index is 15.3. The first kappa shape index (κ1) is 68.0. The Bertz CT molecular complexity index is 3000. The smallest absolute Gasteiger partial charge is 0.256 e. The molecule has 7 rings (SSSR count). The minimum atomic E-state index is -3.52. The van der Waals surface area contributed by atoms with Crippen molar-refractivity contribution in [2.45, 2.75) is 108 Å². The Kier molecular flexibility index (Phi) is 24.4. The highest BCUT2D eigenvalue weighted by Crippen LogP contribution is 2.49. The van der Waals surface area contributed by atoms with Crippen LogP contribution in [0.4, 0.5) is 20.2 Å². The summed E-state index contributed by atoms with van der Waals surface area (Å²) in [4.78, 5) is 119. The molecule has 2 aromatic carbocycles. The van der Waals surface area contributed by atoms with E-state index in [2.05, 4.69) is 37.2 Å². The number of halogens is 2. The van der Waals surface area contributed by atoms with Gasteiger partial charge in [-0.2, -0.15) is 0 Å². The van der Waals surface area contributed by atoms with Gasteiger partial charge >= 0.3 is 0 Å². The fourth-order valence-electron chi connectivity index (χ4n) is 11.0. The van der Waals surface area contributed by atoms with Crippen molar-refractivity contribution in [1.29, 1.82) is 0 Å². The second-order valence-corrected chi connectivity index (χ2v) is 26.0. The number of ether oxygens (including phenoxy) is 4. The van der Waals surface area contributed by atoms with Crippen molar-refractivity contribution in [2.75, 3.05) is 110 Å². The Labute approximate surface area is 510 Å². The Morgan fingerprint density at radius 1 is 0.795 bits per heavy atom. The van der Waals surface area contributed by atoms with Gasteiger partial charge < -0.3 is 75.1 Å². The number of rotatable bonds is 34. The summed E-state index contributed by atoms with van der Waals surface area (Å²) in [5.74, 6) is -3.84. The van der Waals surface area contributed by atoms with Crippen molar-refractivity contribution in [3.63, 3.8) is 0 Å². The van der Waals surface area contributed by atoms with Gasteiger partial charge in [0, 0.05) is 102 Å². The van der Waals surface area contributed by atoms with Crippen molar-refractivity contribution in [2.24, 2.45) is 5.92 Å². The fraction of sp³-hybridized carbons (Fsp3) is 0.589. The lowest BCUT2D eigenvalue weighted by molar-refractivity contribution is -0.137. The lowest BCUT2D eigenvalue weighted by Gasteiger charge is -2.29. The van der Waals surface area contributed by atoms with E-state index in [9.17, 15) is 60.7 Å². The van der Waals surface area contributed by atoms with Crippen LogP contribution in [0.3, 0.4) is 0 Å². The van der Waals surface area contributed by atoms with Crippen molar-refractivity contribution in [3.05, 3.63) is 47.5 Å². The number of carbonyl (C=O) groups is 9. The topological polar surface area (TPSA) is 354 Å². The number of carbonyl (C=O) groups excluding carboxylic acids is 9. The third kappa shape index (κ3) is 17.7. The Hall–Kier alpha value is -7.47. The zero-order valence-electron chi connectivity index (χ0n) is 49.6. The second kappa shape index (κ2) is 31.6. The summed E-state index contributed by atoms with van der Waals surface area (Å²) in [6.45, 7) is 3.36. The molecule has 5 aliphatic heterocycles. The molecular formula is C56H77F2N11O17PS-. The van der Waals surface area contributed by atoms with Crippen LogP contribution in [0.15, 0.2) is 36.4 Å². The van der Waals surface area contributed by atoms with Gasteiger partial charge in [0.05, 0.1) is 86.5 Å². The summed E-state index contributed by atoms with van der Waals surface area (Å²) in [6.07, 6.45) is -0.616. The molecule has 484 valence electrons. The fourth-order valence-corrected chi connectivity index (χ4v) is 13.5. The Morgan fingerprint density at radius 3 is 2.03 bits per heavy atom. The maximum Gasteiger partial charge on any atom is 0.256 e. The minimum Gasteiger partial charge on any atom is -0.750 e. The van der Waals surface area contributed by atoms with Crippen LogP contribution < -0.4 is 56.2 Å². The summed E-state index contributed by atoms with van der Waals surface area (Å²) >= 11 is -3.04. The van der Waals surface area contributed by atoms with E-state index in [1.807, 2.05) is 0 Å². The lowest BCUT2D eigenvalue weighted by atomic mass is 10.0.